The van der Waals surface area contributed by atoms with Crippen LogP contribution >= 0.6 is 0 Å². The maximum absolute atomic E-state index is 12.9. The Hall–Kier alpha value is -1.48. The number of piperazine rings is 1. The molecule has 0 aromatic heterocycles. The van der Waals surface area contributed by atoms with Gasteiger partial charge < -0.3 is 15.0 Å². The van der Waals surface area contributed by atoms with Crippen molar-refractivity contribution in [3.05, 3.63) is 29.8 Å². The Kier molecular flexibility index (Phi) is 7.67. The minimum atomic E-state index is -3.48. The monoisotopic (exact) mass is 424 g/mol. The van der Waals surface area contributed by atoms with Crippen LogP contribution in [0.2, 0.25) is 0 Å². The lowest BCUT2D eigenvalue weighted by Gasteiger charge is -2.31. The van der Waals surface area contributed by atoms with Gasteiger partial charge in [0.25, 0.3) is 5.91 Å². The van der Waals surface area contributed by atoms with Gasteiger partial charge in [-0.05, 0) is 42.9 Å². The first-order chi connectivity index (χ1) is 13.9. The molecule has 2 saturated heterocycles. The Balaban J connectivity index is 1.48. The smallest absolute Gasteiger partial charge is 0.275 e. The van der Waals surface area contributed by atoms with Crippen molar-refractivity contribution in [2.45, 2.75) is 50.0 Å². The SMILES string of the molecule is CC[C@H](C)c1ccc(S(=O)(=O)N2CC[NH+](CC(=O)NC[C@@H]3CCCO3)CC2)cc1. The molecule has 7 nitrogen and oxygen atoms in total. The Morgan fingerprint density at radius 3 is 2.55 bits per heavy atom. The summed E-state index contributed by atoms with van der Waals surface area (Å²) in [5.41, 5.74) is 1.16. The van der Waals surface area contributed by atoms with Gasteiger partial charge in [-0.2, -0.15) is 4.31 Å². The third-order valence-corrected chi connectivity index (χ3v) is 8.00. The van der Waals surface area contributed by atoms with Crippen LogP contribution in [0.25, 0.3) is 0 Å². The number of benzene rings is 1. The topological polar surface area (TPSA) is 80.2 Å². The number of nitrogens with zero attached hydrogens (tertiary/aromatic N) is 1. The normalized spacial score (nSPS) is 22.5. The largest absolute Gasteiger partial charge is 0.376 e. The fourth-order valence-electron chi connectivity index (χ4n) is 3.90. The van der Waals surface area contributed by atoms with E-state index in [0.29, 0.717) is 50.1 Å². The number of hydrogen-bond donors (Lipinski definition) is 2. The fourth-order valence-corrected chi connectivity index (χ4v) is 5.34. The average Bonchev–Trinajstić information content (AvgIpc) is 3.26. The number of hydrogen-bond acceptors (Lipinski definition) is 4. The third kappa shape index (κ3) is 5.78. The van der Waals surface area contributed by atoms with Gasteiger partial charge in [-0.15, -0.1) is 0 Å². The predicted octanol–water partition coefficient (Wildman–Crippen LogP) is 0.385. The van der Waals surface area contributed by atoms with E-state index in [-0.39, 0.29) is 12.0 Å². The first-order valence-corrected chi connectivity index (χ1v) is 12.2. The zero-order chi connectivity index (χ0) is 20.9. The second-order valence-corrected chi connectivity index (χ2v) is 10.1. The Bertz CT molecular complexity index is 768. The van der Waals surface area contributed by atoms with Crippen LogP contribution in [0.4, 0.5) is 0 Å². The molecule has 2 heterocycles. The summed E-state index contributed by atoms with van der Waals surface area (Å²) in [5, 5.41) is 2.94. The van der Waals surface area contributed by atoms with Crippen molar-refractivity contribution in [1.29, 1.82) is 0 Å². The molecule has 0 unspecified atom stereocenters. The summed E-state index contributed by atoms with van der Waals surface area (Å²) in [5.74, 6) is 0.428. The van der Waals surface area contributed by atoms with Gasteiger partial charge in [0.05, 0.1) is 37.2 Å². The quantitative estimate of drug-likeness (QED) is 0.633. The van der Waals surface area contributed by atoms with Crippen LogP contribution in [0, 0.1) is 0 Å². The van der Waals surface area contributed by atoms with Crippen LogP contribution in [0.5, 0.6) is 0 Å². The van der Waals surface area contributed by atoms with Gasteiger partial charge in [0.1, 0.15) is 0 Å². The van der Waals surface area contributed by atoms with E-state index in [4.69, 9.17) is 4.74 Å². The maximum atomic E-state index is 12.9. The number of nitrogens with one attached hydrogen (secondary N) is 2. The summed E-state index contributed by atoms with van der Waals surface area (Å²) in [7, 11) is -3.48. The molecule has 2 N–H and O–H groups in total. The van der Waals surface area contributed by atoms with Crippen molar-refractivity contribution in [3.63, 3.8) is 0 Å². The summed E-state index contributed by atoms with van der Waals surface area (Å²) in [6.07, 6.45) is 3.23. The highest BCUT2D eigenvalue weighted by Gasteiger charge is 2.31. The van der Waals surface area contributed by atoms with Gasteiger partial charge in [0, 0.05) is 13.2 Å². The van der Waals surface area contributed by atoms with Gasteiger partial charge in [-0.1, -0.05) is 26.0 Å². The summed E-state index contributed by atoms with van der Waals surface area (Å²) >= 11 is 0. The second-order valence-electron chi connectivity index (χ2n) is 8.15. The van der Waals surface area contributed by atoms with Gasteiger partial charge in [0.15, 0.2) is 6.54 Å². The minimum Gasteiger partial charge on any atom is -0.376 e. The zero-order valence-corrected chi connectivity index (χ0v) is 18.3. The molecule has 1 aromatic carbocycles. The molecule has 8 heteroatoms. The third-order valence-electron chi connectivity index (χ3n) is 6.09. The summed E-state index contributed by atoms with van der Waals surface area (Å²) < 4.78 is 32.9. The molecule has 162 valence electrons. The van der Waals surface area contributed by atoms with Crippen LogP contribution < -0.4 is 10.2 Å². The lowest BCUT2D eigenvalue weighted by Crippen LogP contribution is -3.15. The van der Waals surface area contributed by atoms with Gasteiger partial charge in [-0.3, -0.25) is 4.79 Å². The number of amides is 1. The van der Waals surface area contributed by atoms with Gasteiger partial charge >= 0.3 is 0 Å². The van der Waals surface area contributed by atoms with Gasteiger partial charge in [0.2, 0.25) is 10.0 Å². The number of ether oxygens (including phenoxy) is 1. The highest BCUT2D eigenvalue weighted by Crippen LogP contribution is 2.22. The first kappa shape index (κ1) is 22.2. The molecule has 1 aromatic rings. The van der Waals surface area contributed by atoms with Crippen molar-refractivity contribution < 1.29 is 22.8 Å². The molecule has 0 radical (unpaired) electrons. The average molecular weight is 425 g/mol. The van der Waals surface area contributed by atoms with E-state index in [1.807, 2.05) is 12.1 Å². The van der Waals surface area contributed by atoms with Crippen molar-refractivity contribution in [3.8, 4) is 0 Å². The summed E-state index contributed by atoms with van der Waals surface area (Å²) in [6, 6.07) is 7.27. The van der Waals surface area contributed by atoms with E-state index in [2.05, 4.69) is 19.2 Å². The van der Waals surface area contributed by atoms with E-state index in [1.165, 1.54) is 0 Å². The van der Waals surface area contributed by atoms with E-state index >= 15 is 0 Å². The molecule has 29 heavy (non-hydrogen) atoms. The number of rotatable bonds is 8. The maximum Gasteiger partial charge on any atom is 0.275 e. The second kappa shape index (κ2) is 10.0. The number of carbonyl (C=O) groups is 1. The molecule has 1 amide bonds. The Labute approximate surface area is 174 Å². The van der Waals surface area contributed by atoms with E-state index in [0.717, 1.165) is 36.3 Å². The fraction of sp³-hybridized carbons (Fsp3) is 0.667. The summed E-state index contributed by atoms with van der Waals surface area (Å²) in [6.45, 7) is 8.14. The molecule has 2 aliphatic heterocycles. The molecule has 3 rings (SSSR count). The molecule has 2 atom stereocenters. The summed E-state index contributed by atoms with van der Waals surface area (Å²) in [4.78, 5) is 13.6. The Morgan fingerprint density at radius 1 is 1.28 bits per heavy atom. The highest BCUT2D eigenvalue weighted by molar-refractivity contribution is 7.89. The van der Waals surface area contributed by atoms with Crippen LogP contribution in [0.1, 0.15) is 44.6 Å². The number of carbonyl (C=O) groups excluding carboxylic acids is 1. The molecule has 0 aliphatic carbocycles. The highest BCUT2D eigenvalue weighted by atomic mass is 32.2. The first-order valence-electron chi connectivity index (χ1n) is 10.7. The van der Waals surface area contributed by atoms with Crippen LogP contribution in [0.15, 0.2) is 29.2 Å². The molecule has 0 spiro atoms. The molecule has 0 saturated carbocycles. The van der Waals surface area contributed by atoms with Crippen molar-refractivity contribution in [2.75, 3.05) is 45.9 Å². The van der Waals surface area contributed by atoms with E-state index < -0.39 is 10.0 Å². The molecule has 2 aliphatic rings. The van der Waals surface area contributed by atoms with Crippen molar-refractivity contribution >= 4 is 15.9 Å². The van der Waals surface area contributed by atoms with Gasteiger partial charge in [-0.25, -0.2) is 8.42 Å². The molecule has 2 fully saturated rings. The van der Waals surface area contributed by atoms with Crippen LogP contribution in [0.3, 0.4) is 0 Å². The van der Waals surface area contributed by atoms with E-state index in [9.17, 15) is 13.2 Å². The lowest BCUT2D eigenvalue weighted by atomic mass is 9.99. The molecular formula is C21H34N3O4S+. The van der Waals surface area contributed by atoms with Crippen LogP contribution in [-0.2, 0) is 19.6 Å². The number of quaternary nitrogens is 1. The zero-order valence-electron chi connectivity index (χ0n) is 17.5. The predicted molar refractivity (Wildman–Crippen MR) is 111 cm³/mol. The Morgan fingerprint density at radius 2 is 1.97 bits per heavy atom. The minimum absolute atomic E-state index is 0.00689. The van der Waals surface area contributed by atoms with E-state index in [1.54, 1.807) is 16.4 Å². The molecular weight excluding hydrogens is 390 g/mol. The van der Waals surface area contributed by atoms with Crippen LogP contribution in [-0.4, -0.2) is 70.6 Å². The van der Waals surface area contributed by atoms with Crippen molar-refractivity contribution in [2.24, 2.45) is 0 Å². The lowest BCUT2D eigenvalue weighted by molar-refractivity contribution is -0.895. The molecule has 0 bridgehead atoms. The van der Waals surface area contributed by atoms with Crippen molar-refractivity contribution in [1.82, 2.24) is 9.62 Å². The standard InChI is InChI=1S/C21H33N3O4S/c1-3-17(2)18-6-8-20(9-7-18)29(26,27)24-12-10-23(11-13-24)16-21(25)22-15-19-5-4-14-28-19/h6-9,17,19H,3-5,10-16H2,1-2H3,(H,22,25)/p+1/t17-,19-/m0/s1. The number of sulfonamides is 1.